The van der Waals surface area contributed by atoms with Gasteiger partial charge >= 0.3 is 0 Å². The molecule has 0 radical (unpaired) electrons. The maximum Gasteiger partial charge on any atom is 0.243 e. The third-order valence-corrected chi connectivity index (χ3v) is 5.83. The molecule has 2 rings (SSSR count). The summed E-state index contributed by atoms with van der Waals surface area (Å²) in [5.41, 5.74) is 3.67. The first-order valence-corrected chi connectivity index (χ1v) is 11.0. The third-order valence-electron chi connectivity index (χ3n) is 4.59. The van der Waals surface area contributed by atoms with Gasteiger partial charge in [0.15, 0.2) is 0 Å². The van der Waals surface area contributed by atoms with Gasteiger partial charge < -0.3 is 10.1 Å². The summed E-state index contributed by atoms with van der Waals surface area (Å²) in [4.78, 5) is 12.5. The highest BCUT2D eigenvalue weighted by molar-refractivity contribution is 7.92. The molecule has 0 unspecified atom stereocenters. The number of ether oxygens (including phenoxy) is 1. The van der Waals surface area contributed by atoms with E-state index in [1.54, 1.807) is 19.1 Å². The minimum Gasteiger partial charge on any atom is -0.491 e. The molecule has 0 aliphatic carbocycles. The van der Waals surface area contributed by atoms with Crippen molar-refractivity contribution in [3.05, 3.63) is 59.2 Å². The van der Waals surface area contributed by atoms with Crippen molar-refractivity contribution in [2.75, 3.05) is 23.7 Å². The average molecular weight is 405 g/mol. The van der Waals surface area contributed by atoms with Crippen molar-refractivity contribution in [1.29, 1.82) is 0 Å². The molecule has 0 heterocycles. The maximum absolute atomic E-state index is 12.5. The Kier molecular flexibility index (Phi) is 7.07. The standard InChI is InChI=1S/C21H28N2O4S/c1-15-9-11-19(12-10-15)23(28(5,25)26)18(4)21(24)22-13-14-27-20-8-6-7-16(2)17(20)3/h6-12,18H,13-14H2,1-5H3,(H,22,24)/t18-/m1/s1. The predicted octanol–water partition coefficient (Wildman–Crippen LogP) is 2.96. The number of carbonyl (C=O) groups is 1. The van der Waals surface area contributed by atoms with E-state index < -0.39 is 16.1 Å². The van der Waals surface area contributed by atoms with E-state index in [-0.39, 0.29) is 12.5 Å². The van der Waals surface area contributed by atoms with Crippen LogP contribution in [0.15, 0.2) is 42.5 Å². The molecule has 2 aromatic rings. The molecule has 7 heteroatoms. The molecule has 0 saturated heterocycles. The van der Waals surface area contributed by atoms with Crippen LogP contribution in [0.1, 0.15) is 23.6 Å². The summed E-state index contributed by atoms with van der Waals surface area (Å²) >= 11 is 0. The number of benzene rings is 2. The summed E-state index contributed by atoms with van der Waals surface area (Å²) in [6.45, 7) is 8.06. The molecule has 28 heavy (non-hydrogen) atoms. The SMILES string of the molecule is Cc1ccc(N([C@H](C)C(=O)NCCOc2cccc(C)c2C)S(C)(=O)=O)cc1. The van der Waals surface area contributed by atoms with Gasteiger partial charge in [-0.2, -0.15) is 0 Å². The zero-order valence-corrected chi connectivity index (χ0v) is 17.8. The summed E-state index contributed by atoms with van der Waals surface area (Å²) < 4.78 is 31.4. The molecule has 1 atom stereocenters. The van der Waals surface area contributed by atoms with Gasteiger partial charge in [0.05, 0.1) is 18.5 Å². The molecule has 1 N–H and O–H groups in total. The van der Waals surface area contributed by atoms with E-state index in [1.165, 1.54) is 0 Å². The van der Waals surface area contributed by atoms with Crippen molar-refractivity contribution in [3.8, 4) is 5.75 Å². The molecule has 0 saturated carbocycles. The fourth-order valence-electron chi connectivity index (χ4n) is 2.86. The lowest BCUT2D eigenvalue weighted by molar-refractivity contribution is -0.121. The Labute approximate surface area is 167 Å². The van der Waals surface area contributed by atoms with Crippen LogP contribution in [0.3, 0.4) is 0 Å². The number of amides is 1. The number of sulfonamides is 1. The molecule has 0 aliphatic heterocycles. The van der Waals surface area contributed by atoms with Crippen LogP contribution in [0.4, 0.5) is 5.69 Å². The second kappa shape index (κ2) is 9.10. The average Bonchev–Trinajstić information content (AvgIpc) is 2.62. The largest absolute Gasteiger partial charge is 0.491 e. The summed E-state index contributed by atoms with van der Waals surface area (Å²) in [6, 6.07) is 12.0. The Morgan fingerprint density at radius 3 is 2.36 bits per heavy atom. The van der Waals surface area contributed by atoms with Gasteiger partial charge in [0.25, 0.3) is 0 Å². The molecule has 0 aliphatic rings. The molecule has 0 aromatic heterocycles. The van der Waals surface area contributed by atoms with Crippen LogP contribution in [0.2, 0.25) is 0 Å². The van der Waals surface area contributed by atoms with Crippen LogP contribution in [-0.4, -0.2) is 39.8 Å². The zero-order valence-electron chi connectivity index (χ0n) is 17.0. The Balaban J connectivity index is 1.99. The van der Waals surface area contributed by atoms with E-state index in [9.17, 15) is 13.2 Å². The lowest BCUT2D eigenvalue weighted by Gasteiger charge is -2.28. The first-order valence-electron chi connectivity index (χ1n) is 9.14. The molecule has 1 amide bonds. The van der Waals surface area contributed by atoms with E-state index in [2.05, 4.69) is 5.32 Å². The van der Waals surface area contributed by atoms with Gasteiger partial charge in [-0.25, -0.2) is 8.42 Å². The van der Waals surface area contributed by atoms with E-state index in [1.807, 2.05) is 51.1 Å². The molecular formula is C21H28N2O4S. The van der Waals surface area contributed by atoms with Crippen molar-refractivity contribution in [2.24, 2.45) is 0 Å². The normalized spacial score (nSPS) is 12.3. The number of nitrogens with one attached hydrogen (secondary N) is 1. The number of aryl methyl sites for hydroxylation is 2. The van der Waals surface area contributed by atoms with Crippen LogP contribution in [0.25, 0.3) is 0 Å². The summed E-state index contributed by atoms with van der Waals surface area (Å²) in [7, 11) is -3.62. The van der Waals surface area contributed by atoms with Gasteiger partial charge in [0, 0.05) is 0 Å². The third kappa shape index (κ3) is 5.48. The number of anilines is 1. The minimum atomic E-state index is -3.62. The van der Waals surface area contributed by atoms with Gasteiger partial charge in [-0.3, -0.25) is 9.10 Å². The number of hydrogen-bond acceptors (Lipinski definition) is 4. The summed E-state index contributed by atoms with van der Waals surface area (Å²) in [5.74, 6) is 0.398. The van der Waals surface area contributed by atoms with Gasteiger partial charge in [-0.15, -0.1) is 0 Å². The van der Waals surface area contributed by atoms with E-state index in [0.717, 1.165) is 33.0 Å². The molecule has 6 nitrogen and oxygen atoms in total. The zero-order chi connectivity index (χ0) is 20.9. The number of carbonyl (C=O) groups excluding carboxylic acids is 1. The first-order chi connectivity index (χ1) is 13.1. The quantitative estimate of drug-likeness (QED) is 0.687. The molecule has 0 bridgehead atoms. The Bertz CT molecular complexity index is 924. The van der Waals surface area contributed by atoms with Crippen LogP contribution < -0.4 is 14.4 Å². The van der Waals surface area contributed by atoms with Gasteiger partial charge in [-0.1, -0.05) is 29.8 Å². The molecule has 0 fully saturated rings. The molecule has 2 aromatic carbocycles. The Hall–Kier alpha value is -2.54. The lowest BCUT2D eigenvalue weighted by Crippen LogP contribution is -2.48. The number of hydrogen-bond donors (Lipinski definition) is 1. The fraction of sp³-hybridized carbons (Fsp3) is 0.381. The topological polar surface area (TPSA) is 75.7 Å². The van der Waals surface area contributed by atoms with Crippen LogP contribution in [0.5, 0.6) is 5.75 Å². The predicted molar refractivity (Wildman–Crippen MR) is 112 cm³/mol. The van der Waals surface area contributed by atoms with Crippen LogP contribution in [0, 0.1) is 20.8 Å². The maximum atomic E-state index is 12.5. The van der Waals surface area contributed by atoms with Crippen LogP contribution >= 0.6 is 0 Å². The smallest absolute Gasteiger partial charge is 0.243 e. The number of rotatable bonds is 8. The van der Waals surface area contributed by atoms with Crippen molar-refractivity contribution >= 4 is 21.6 Å². The monoisotopic (exact) mass is 404 g/mol. The first kappa shape index (κ1) is 21.8. The molecular weight excluding hydrogens is 376 g/mol. The van der Waals surface area contributed by atoms with E-state index in [4.69, 9.17) is 4.74 Å². The highest BCUT2D eigenvalue weighted by Gasteiger charge is 2.28. The minimum absolute atomic E-state index is 0.280. The highest BCUT2D eigenvalue weighted by atomic mass is 32.2. The molecule has 0 spiro atoms. The van der Waals surface area contributed by atoms with Crippen LogP contribution in [-0.2, 0) is 14.8 Å². The van der Waals surface area contributed by atoms with Crippen molar-refractivity contribution in [2.45, 2.75) is 33.7 Å². The molecule has 152 valence electrons. The van der Waals surface area contributed by atoms with E-state index in [0.29, 0.717) is 12.3 Å². The van der Waals surface area contributed by atoms with Crippen molar-refractivity contribution in [3.63, 3.8) is 0 Å². The van der Waals surface area contributed by atoms with Gasteiger partial charge in [0.2, 0.25) is 15.9 Å². The van der Waals surface area contributed by atoms with Gasteiger partial charge in [-0.05, 0) is 57.0 Å². The summed E-state index contributed by atoms with van der Waals surface area (Å²) in [6.07, 6.45) is 1.10. The van der Waals surface area contributed by atoms with Gasteiger partial charge in [0.1, 0.15) is 18.4 Å². The van der Waals surface area contributed by atoms with Crippen molar-refractivity contribution < 1.29 is 17.9 Å². The van der Waals surface area contributed by atoms with E-state index >= 15 is 0 Å². The highest BCUT2D eigenvalue weighted by Crippen LogP contribution is 2.22. The fourth-order valence-corrected chi connectivity index (χ4v) is 4.04. The number of nitrogens with zero attached hydrogens (tertiary/aromatic N) is 1. The Morgan fingerprint density at radius 1 is 1.11 bits per heavy atom. The Morgan fingerprint density at radius 2 is 1.75 bits per heavy atom. The summed E-state index contributed by atoms with van der Waals surface area (Å²) in [5, 5.41) is 2.75. The lowest BCUT2D eigenvalue weighted by atomic mass is 10.1. The second-order valence-corrected chi connectivity index (χ2v) is 8.77. The second-order valence-electron chi connectivity index (χ2n) is 6.91. The van der Waals surface area contributed by atoms with Crippen molar-refractivity contribution in [1.82, 2.24) is 5.32 Å².